The molecule has 26 heavy (non-hydrogen) atoms. The molecule has 3 heterocycles. The maximum Gasteiger partial charge on any atom is 0.377 e. The number of piperidine rings is 1. The van der Waals surface area contributed by atoms with Crippen LogP contribution in [0.1, 0.15) is 29.6 Å². The van der Waals surface area contributed by atoms with Crippen LogP contribution in [0.3, 0.4) is 0 Å². The number of aldehydes is 1. The molecule has 3 atom stereocenters. The number of hydrogen-bond acceptors (Lipinski definition) is 6. The Balaban J connectivity index is 1.94. The summed E-state index contributed by atoms with van der Waals surface area (Å²) in [7, 11) is -0.937. The van der Waals surface area contributed by atoms with E-state index < -0.39 is 25.1 Å². The Morgan fingerprint density at radius 3 is 2.85 bits per heavy atom. The molecule has 0 aromatic carbocycles. The number of hydrogen-bond donors (Lipinski definition) is 1. The predicted octanol–water partition coefficient (Wildman–Crippen LogP) is 2.29. The summed E-state index contributed by atoms with van der Waals surface area (Å²) in [6, 6.07) is -0.374. The minimum atomic E-state index is -2.87. The first-order chi connectivity index (χ1) is 12.3. The van der Waals surface area contributed by atoms with Crippen molar-refractivity contribution in [1.82, 2.24) is 15.0 Å². The van der Waals surface area contributed by atoms with E-state index in [1.54, 1.807) is 11.0 Å². The Labute approximate surface area is 156 Å². The Morgan fingerprint density at radius 2 is 2.27 bits per heavy atom. The summed E-state index contributed by atoms with van der Waals surface area (Å²) in [5.41, 5.74) is 0.254. The van der Waals surface area contributed by atoms with E-state index in [4.69, 9.17) is 11.6 Å². The lowest BCUT2D eigenvalue weighted by molar-refractivity contribution is -0.0283. The van der Waals surface area contributed by atoms with Crippen LogP contribution in [-0.4, -0.2) is 64.0 Å². The van der Waals surface area contributed by atoms with Crippen LogP contribution in [0.2, 0.25) is 12.0 Å². The van der Waals surface area contributed by atoms with Gasteiger partial charge in [0.05, 0.1) is 11.6 Å². The van der Waals surface area contributed by atoms with E-state index in [1.165, 1.54) is 17.7 Å². The van der Waals surface area contributed by atoms with Crippen LogP contribution < -0.4 is 4.90 Å². The molecule has 0 radical (unpaired) electrons. The van der Waals surface area contributed by atoms with E-state index in [-0.39, 0.29) is 29.6 Å². The summed E-state index contributed by atoms with van der Waals surface area (Å²) in [6.07, 6.45) is 2.54. The fourth-order valence-electron chi connectivity index (χ4n) is 4.25. The molecule has 2 aliphatic rings. The lowest BCUT2D eigenvalue weighted by Crippen LogP contribution is -2.57. The second kappa shape index (κ2) is 7.21. The molecule has 0 spiro atoms. The molecule has 140 valence electrons. The molecular formula is C16H20BClF2N4O2. The SMILES string of the molecule is C=CCN(c1nnc(Cl)cc1C=O)[C@@H]1CC2CC(F)(F)C(C1)N2B(C)O. The molecular weight excluding hydrogens is 364 g/mol. The van der Waals surface area contributed by atoms with Crippen molar-refractivity contribution in [3.05, 3.63) is 29.4 Å². The number of aromatic nitrogens is 2. The first-order valence-electron chi connectivity index (χ1n) is 8.47. The predicted molar refractivity (Wildman–Crippen MR) is 95.8 cm³/mol. The molecule has 10 heteroatoms. The van der Waals surface area contributed by atoms with Gasteiger partial charge in [0.2, 0.25) is 0 Å². The number of carbonyl (C=O) groups is 1. The van der Waals surface area contributed by atoms with Crippen LogP contribution >= 0.6 is 11.6 Å². The van der Waals surface area contributed by atoms with E-state index in [2.05, 4.69) is 16.8 Å². The third-order valence-corrected chi connectivity index (χ3v) is 5.37. The van der Waals surface area contributed by atoms with Crippen LogP contribution in [0.5, 0.6) is 0 Å². The number of fused-ring (bicyclic) bond motifs is 2. The van der Waals surface area contributed by atoms with Crippen molar-refractivity contribution in [3.8, 4) is 0 Å². The van der Waals surface area contributed by atoms with Crippen LogP contribution in [0, 0.1) is 0 Å². The second-order valence-corrected chi connectivity index (χ2v) is 7.23. The van der Waals surface area contributed by atoms with Crippen molar-refractivity contribution in [2.75, 3.05) is 11.4 Å². The molecule has 1 aromatic rings. The van der Waals surface area contributed by atoms with E-state index >= 15 is 0 Å². The van der Waals surface area contributed by atoms with Gasteiger partial charge < -0.3 is 14.7 Å². The molecule has 0 aliphatic carbocycles. The van der Waals surface area contributed by atoms with E-state index in [0.717, 1.165) is 0 Å². The largest absolute Gasteiger partial charge is 0.437 e. The Morgan fingerprint density at radius 1 is 1.54 bits per heavy atom. The lowest BCUT2D eigenvalue weighted by atomic mass is 9.78. The molecule has 1 aromatic heterocycles. The number of nitrogens with zero attached hydrogens (tertiary/aromatic N) is 4. The van der Waals surface area contributed by atoms with Crippen molar-refractivity contribution in [2.45, 2.75) is 50.1 Å². The Bertz CT molecular complexity index is 709. The normalized spacial score (nSPS) is 27.2. The average molecular weight is 385 g/mol. The third-order valence-electron chi connectivity index (χ3n) is 5.19. The van der Waals surface area contributed by atoms with Crippen LogP contribution in [0.4, 0.5) is 14.6 Å². The van der Waals surface area contributed by atoms with Gasteiger partial charge in [-0.25, -0.2) is 8.78 Å². The lowest BCUT2D eigenvalue weighted by Gasteiger charge is -2.44. The van der Waals surface area contributed by atoms with Crippen molar-refractivity contribution in [1.29, 1.82) is 0 Å². The molecule has 0 amide bonds. The van der Waals surface area contributed by atoms with Gasteiger partial charge >= 0.3 is 7.05 Å². The molecule has 2 saturated heterocycles. The van der Waals surface area contributed by atoms with Crippen LogP contribution in [0.25, 0.3) is 0 Å². The highest BCUT2D eigenvalue weighted by Gasteiger charge is 2.59. The molecule has 3 rings (SSSR count). The second-order valence-electron chi connectivity index (χ2n) is 6.84. The monoisotopic (exact) mass is 384 g/mol. The standard InChI is InChI=1S/C16H20BClF2N4O2/c1-3-4-23(15-10(9-25)5-14(18)21-22-15)11-6-12-8-16(19,20)13(7-11)24(12)17(2)26/h3,5,9,11-13,26H,1,4,6-8H2,2H3/t11-,12?,13?/m1/s1. The highest BCUT2D eigenvalue weighted by atomic mass is 35.5. The number of alkyl halides is 2. The zero-order valence-corrected chi connectivity index (χ0v) is 15.1. The van der Waals surface area contributed by atoms with Crippen LogP contribution in [-0.2, 0) is 0 Å². The number of halogens is 3. The quantitative estimate of drug-likeness (QED) is 0.461. The zero-order chi connectivity index (χ0) is 19.1. The highest BCUT2D eigenvalue weighted by molar-refractivity contribution is 6.45. The Kier molecular flexibility index (Phi) is 5.32. The summed E-state index contributed by atoms with van der Waals surface area (Å²) < 4.78 is 28.9. The molecule has 2 fully saturated rings. The van der Waals surface area contributed by atoms with Crippen molar-refractivity contribution < 1.29 is 18.6 Å². The molecule has 6 nitrogen and oxygen atoms in total. The number of rotatable bonds is 6. The van der Waals surface area contributed by atoms with Gasteiger partial charge in [-0.15, -0.1) is 16.8 Å². The summed E-state index contributed by atoms with van der Waals surface area (Å²) >= 11 is 5.81. The van der Waals surface area contributed by atoms with Gasteiger partial charge in [-0.05, 0) is 25.7 Å². The molecule has 0 saturated carbocycles. The van der Waals surface area contributed by atoms with Gasteiger partial charge in [-0.3, -0.25) is 4.79 Å². The smallest absolute Gasteiger partial charge is 0.377 e. The minimum absolute atomic E-state index is 0.0879. The van der Waals surface area contributed by atoms with Crippen molar-refractivity contribution >= 4 is 30.8 Å². The van der Waals surface area contributed by atoms with Gasteiger partial charge in [-0.2, -0.15) is 0 Å². The molecule has 2 bridgehead atoms. The maximum absolute atomic E-state index is 14.4. The average Bonchev–Trinajstić information content (AvgIpc) is 2.74. The number of carbonyl (C=O) groups excluding carboxylic acids is 1. The minimum Gasteiger partial charge on any atom is -0.437 e. The van der Waals surface area contributed by atoms with Gasteiger partial charge in [0.25, 0.3) is 5.92 Å². The van der Waals surface area contributed by atoms with Crippen molar-refractivity contribution in [3.63, 3.8) is 0 Å². The van der Waals surface area contributed by atoms with Crippen LogP contribution in [0.15, 0.2) is 18.7 Å². The fourth-order valence-corrected chi connectivity index (χ4v) is 4.40. The Hall–Kier alpha value is -1.58. The van der Waals surface area contributed by atoms with Gasteiger partial charge in [0.15, 0.2) is 17.3 Å². The maximum atomic E-state index is 14.4. The summed E-state index contributed by atoms with van der Waals surface area (Å²) in [4.78, 5) is 14.7. The molecule has 1 N–H and O–H groups in total. The zero-order valence-electron chi connectivity index (χ0n) is 14.4. The fraction of sp³-hybridized carbons (Fsp3) is 0.562. The summed E-state index contributed by atoms with van der Waals surface area (Å²) in [6.45, 7) is 5.56. The van der Waals surface area contributed by atoms with E-state index in [9.17, 15) is 18.6 Å². The topological polar surface area (TPSA) is 69.6 Å². The number of anilines is 1. The van der Waals surface area contributed by atoms with Crippen molar-refractivity contribution in [2.24, 2.45) is 0 Å². The molecule has 2 aliphatic heterocycles. The van der Waals surface area contributed by atoms with E-state index in [0.29, 0.717) is 25.1 Å². The van der Waals surface area contributed by atoms with Gasteiger partial charge in [-0.1, -0.05) is 17.7 Å². The molecule has 2 unspecified atom stereocenters. The van der Waals surface area contributed by atoms with Gasteiger partial charge in [0, 0.05) is 25.0 Å². The van der Waals surface area contributed by atoms with E-state index in [1.807, 2.05) is 0 Å². The summed E-state index contributed by atoms with van der Waals surface area (Å²) in [5.74, 6) is -2.56. The first kappa shape index (κ1) is 19.2. The summed E-state index contributed by atoms with van der Waals surface area (Å²) in [5, 5.41) is 17.8. The first-order valence-corrected chi connectivity index (χ1v) is 8.85. The highest BCUT2D eigenvalue weighted by Crippen LogP contribution is 2.47. The van der Waals surface area contributed by atoms with Gasteiger partial charge in [0.1, 0.15) is 0 Å². The third kappa shape index (κ3) is 3.35.